The van der Waals surface area contributed by atoms with Crippen molar-refractivity contribution in [1.29, 1.82) is 0 Å². The highest BCUT2D eigenvalue weighted by Crippen LogP contribution is 2.46. The largest absolute Gasteiger partial charge is 0.315 e. The summed E-state index contributed by atoms with van der Waals surface area (Å²) < 4.78 is 0. The first-order valence-corrected chi connectivity index (χ1v) is 8.77. The lowest BCUT2D eigenvalue weighted by atomic mass is 9.80. The summed E-state index contributed by atoms with van der Waals surface area (Å²) >= 11 is 2.00. The number of hydrogen-bond acceptors (Lipinski definition) is 3. The van der Waals surface area contributed by atoms with Gasteiger partial charge in [-0.1, -0.05) is 26.2 Å². The van der Waals surface area contributed by atoms with Crippen LogP contribution >= 0.6 is 11.3 Å². The quantitative estimate of drug-likeness (QED) is 0.862. The summed E-state index contributed by atoms with van der Waals surface area (Å²) in [5.41, 5.74) is 1.44. The summed E-state index contributed by atoms with van der Waals surface area (Å²) in [6.07, 6.45) is 9.67. The molecule has 2 aliphatic carbocycles. The molecule has 1 heterocycles. The highest BCUT2D eigenvalue weighted by molar-refractivity contribution is 7.11. The van der Waals surface area contributed by atoms with Gasteiger partial charge in [-0.2, -0.15) is 0 Å². The van der Waals surface area contributed by atoms with Crippen molar-refractivity contribution in [2.75, 3.05) is 7.05 Å². The first-order valence-electron chi connectivity index (χ1n) is 7.95. The van der Waals surface area contributed by atoms with Gasteiger partial charge in [-0.25, -0.2) is 4.98 Å². The Morgan fingerprint density at radius 3 is 2.74 bits per heavy atom. The number of aromatic nitrogens is 1. The molecule has 2 aliphatic rings. The Hall–Kier alpha value is -0.410. The van der Waals surface area contributed by atoms with E-state index in [2.05, 4.69) is 12.2 Å². The molecule has 3 rings (SSSR count). The molecule has 19 heavy (non-hydrogen) atoms. The zero-order chi connectivity index (χ0) is 13.2. The molecule has 3 heteroatoms. The molecule has 1 aromatic heterocycles. The highest BCUT2D eigenvalue weighted by Gasteiger charge is 2.32. The van der Waals surface area contributed by atoms with Crippen molar-refractivity contribution in [3.63, 3.8) is 0 Å². The molecule has 0 radical (unpaired) electrons. The fourth-order valence-corrected chi connectivity index (χ4v) is 4.72. The summed E-state index contributed by atoms with van der Waals surface area (Å²) in [5.74, 6) is 2.49. The molecule has 2 unspecified atom stereocenters. The molecule has 0 bridgehead atoms. The Morgan fingerprint density at radius 2 is 2.05 bits per heavy atom. The van der Waals surface area contributed by atoms with Gasteiger partial charge < -0.3 is 5.32 Å². The third-order valence-corrected chi connectivity index (χ3v) is 5.99. The van der Waals surface area contributed by atoms with Crippen LogP contribution in [0.25, 0.3) is 0 Å². The minimum Gasteiger partial charge on any atom is -0.315 e. The fourth-order valence-electron chi connectivity index (χ4n) is 3.41. The molecule has 2 fully saturated rings. The van der Waals surface area contributed by atoms with Gasteiger partial charge in [0.2, 0.25) is 0 Å². The fraction of sp³-hybridized carbons (Fsp3) is 0.812. The molecule has 0 aliphatic heterocycles. The highest BCUT2D eigenvalue weighted by atomic mass is 32.1. The second-order valence-electron chi connectivity index (χ2n) is 6.30. The van der Waals surface area contributed by atoms with Crippen LogP contribution < -0.4 is 5.32 Å². The Balaban J connectivity index is 1.77. The Labute approximate surface area is 121 Å². The molecule has 1 aromatic rings. The smallest absolute Gasteiger partial charge is 0.0962 e. The van der Waals surface area contributed by atoms with Crippen LogP contribution in [0.1, 0.15) is 79.3 Å². The predicted octanol–water partition coefficient (Wildman–Crippen LogP) is 4.42. The van der Waals surface area contributed by atoms with Crippen LogP contribution in [-0.2, 0) is 6.54 Å². The normalized spacial score (nSPS) is 27.7. The summed E-state index contributed by atoms with van der Waals surface area (Å²) in [6, 6.07) is 0. The predicted molar refractivity (Wildman–Crippen MR) is 81.8 cm³/mol. The average molecular weight is 278 g/mol. The maximum atomic E-state index is 5.06. The van der Waals surface area contributed by atoms with Gasteiger partial charge in [0.25, 0.3) is 0 Å². The van der Waals surface area contributed by atoms with Crippen molar-refractivity contribution in [2.45, 2.75) is 70.3 Å². The van der Waals surface area contributed by atoms with Gasteiger partial charge in [0, 0.05) is 23.3 Å². The van der Waals surface area contributed by atoms with E-state index < -0.39 is 0 Å². The van der Waals surface area contributed by atoms with Crippen molar-refractivity contribution >= 4 is 11.3 Å². The van der Waals surface area contributed by atoms with Crippen molar-refractivity contribution < 1.29 is 0 Å². The molecule has 0 saturated heterocycles. The van der Waals surface area contributed by atoms with E-state index in [0.717, 1.165) is 24.3 Å². The van der Waals surface area contributed by atoms with Gasteiger partial charge in [0.05, 0.1) is 10.7 Å². The zero-order valence-corrected chi connectivity index (χ0v) is 13.1. The minimum atomic E-state index is 0.756. The molecule has 1 N–H and O–H groups in total. The summed E-state index contributed by atoms with van der Waals surface area (Å²) in [4.78, 5) is 6.57. The van der Waals surface area contributed by atoms with Crippen LogP contribution in [-0.4, -0.2) is 12.0 Å². The molecule has 2 atom stereocenters. The van der Waals surface area contributed by atoms with E-state index in [-0.39, 0.29) is 0 Å². The number of rotatable bonds is 5. The first-order chi connectivity index (χ1) is 9.31. The van der Waals surface area contributed by atoms with E-state index in [0.29, 0.717) is 0 Å². The van der Waals surface area contributed by atoms with Crippen LogP contribution in [0.5, 0.6) is 0 Å². The Bertz CT molecular complexity index is 422. The van der Waals surface area contributed by atoms with Crippen LogP contribution in [0.4, 0.5) is 0 Å². The number of hydrogen-bond donors (Lipinski definition) is 1. The Morgan fingerprint density at radius 1 is 1.21 bits per heavy atom. The van der Waals surface area contributed by atoms with Gasteiger partial charge in [-0.15, -0.1) is 11.3 Å². The van der Waals surface area contributed by atoms with Crippen LogP contribution in [0, 0.1) is 5.92 Å². The van der Waals surface area contributed by atoms with Crippen molar-refractivity contribution in [3.8, 4) is 0 Å². The maximum absolute atomic E-state index is 5.06. The summed E-state index contributed by atoms with van der Waals surface area (Å²) in [6.45, 7) is 3.35. The van der Waals surface area contributed by atoms with Gasteiger partial charge in [0.1, 0.15) is 0 Å². The molecule has 2 saturated carbocycles. The monoisotopic (exact) mass is 278 g/mol. The molecule has 0 spiro atoms. The van der Waals surface area contributed by atoms with Crippen molar-refractivity contribution in [2.24, 2.45) is 5.92 Å². The second-order valence-corrected chi connectivity index (χ2v) is 7.42. The Kier molecular flexibility index (Phi) is 4.23. The summed E-state index contributed by atoms with van der Waals surface area (Å²) in [7, 11) is 2.05. The molecule has 0 aromatic carbocycles. The van der Waals surface area contributed by atoms with E-state index in [1.165, 1.54) is 60.5 Å². The van der Waals surface area contributed by atoms with Gasteiger partial charge in [-0.3, -0.25) is 0 Å². The zero-order valence-electron chi connectivity index (χ0n) is 12.2. The van der Waals surface area contributed by atoms with E-state index >= 15 is 0 Å². The standard InChI is InChI=1S/C16H26N2S/c1-3-11-5-4-6-13(9-11)16-18-15(12-7-8-12)14(19-16)10-17-2/h11-13,17H,3-10H2,1-2H3. The molecular weight excluding hydrogens is 252 g/mol. The van der Waals surface area contributed by atoms with Crippen LogP contribution in [0.15, 0.2) is 0 Å². The summed E-state index contributed by atoms with van der Waals surface area (Å²) in [5, 5.41) is 4.76. The molecule has 2 nitrogen and oxygen atoms in total. The topological polar surface area (TPSA) is 24.9 Å². The third-order valence-electron chi connectivity index (χ3n) is 4.75. The SMILES string of the molecule is CCC1CCCC(c2nc(C3CC3)c(CNC)s2)C1. The van der Waals surface area contributed by atoms with E-state index in [9.17, 15) is 0 Å². The lowest BCUT2D eigenvalue weighted by Crippen LogP contribution is -2.13. The molecule has 0 amide bonds. The van der Waals surface area contributed by atoms with Gasteiger partial charge >= 0.3 is 0 Å². The average Bonchev–Trinajstić information content (AvgIpc) is 3.21. The van der Waals surface area contributed by atoms with E-state index in [1.54, 1.807) is 0 Å². The van der Waals surface area contributed by atoms with Gasteiger partial charge in [-0.05, 0) is 38.6 Å². The number of nitrogens with one attached hydrogen (secondary N) is 1. The van der Waals surface area contributed by atoms with Crippen molar-refractivity contribution in [1.82, 2.24) is 10.3 Å². The molecular formula is C16H26N2S. The third kappa shape index (κ3) is 3.03. The lowest BCUT2D eigenvalue weighted by molar-refractivity contribution is 0.314. The van der Waals surface area contributed by atoms with Crippen LogP contribution in [0.2, 0.25) is 0 Å². The van der Waals surface area contributed by atoms with E-state index in [1.807, 2.05) is 18.4 Å². The van der Waals surface area contributed by atoms with Gasteiger partial charge in [0.15, 0.2) is 0 Å². The van der Waals surface area contributed by atoms with E-state index in [4.69, 9.17) is 4.98 Å². The van der Waals surface area contributed by atoms with Crippen molar-refractivity contribution in [3.05, 3.63) is 15.6 Å². The second kappa shape index (κ2) is 5.92. The lowest BCUT2D eigenvalue weighted by Gasteiger charge is -2.26. The number of thiazole rings is 1. The maximum Gasteiger partial charge on any atom is 0.0962 e. The van der Waals surface area contributed by atoms with Crippen LogP contribution in [0.3, 0.4) is 0 Å². The first kappa shape index (κ1) is 13.6. The molecule has 106 valence electrons. The number of nitrogens with zero attached hydrogens (tertiary/aromatic N) is 1. The minimum absolute atomic E-state index is 0.756.